The minimum atomic E-state index is -0.237. The Morgan fingerprint density at radius 3 is 2.23 bits per heavy atom. The van der Waals surface area contributed by atoms with Gasteiger partial charge in [0.2, 0.25) is 0 Å². The zero-order valence-electron chi connectivity index (χ0n) is 15.6. The number of hydrogen-bond donors (Lipinski definition) is 0. The maximum atomic E-state index is 5.01. The Kier molecular flexibility index (Phi) is 4.82. The number of nitrogens with zero attached hydrogens (tertiary/aromatic N) is 4. The van der Waals surface area contributed by atoms with Crippen molar-refractivity contribution in [2.45, 2.75) is 45.7 Å². The predicted molar refractivity (Wildman–Crippen MR) is 117 cm³/mol. The van der Waals surface area contributed by atoms with E-state index in [9.17, 15) is 0 Å². The number of rotatable bonds is 4. The summed E-state index contributed by atoms with van der Waals surface area (Å²) in [5, 5.41) is 8.70. The van der Waals surface area contributed by atoms with Crippen LogP contribution in [0.2, 0.25) is 0 Å². The molecule has 0 fully saturated rings. The second kappa shape index (κ2) is 6.72. The minimum absolute atomic E-state index is 0.202. The summed E-state index contributed by atoms with van der Waals surface area (Å²) >= 11 is 7.06. The average molecular weight is 423 g/mol. The van der Waals surface area contributed by atoms with Crippen LogP contribution in [0.3, 0.4) is 0 Å². The fourth-order valence-corrected chi connectivity index (χ4v) is 7.32. The monoisotopic (exact) mass is 422 g/mol. The summed E-state index contributed by atoms with van der Waals surface area (Å²) in [7, 11) is 0. The summed E-state index contributed by atoms with van der Waals surface area (Å²) in [6, 6.07) is 0. The first-order chi connectivity index (χ1) is 12.3. The number of thioether (sulfide) groups is 2. The van der Waals surface area contributed by atoms with Gasteiger partial charge < -0.3 is 0 Å². The summed E-state index contributed by atoms with van der Waals surface area (Å²) in [6.45, 7) is 10.8. The highest BCUT2D eigenvalue weighted by molar-refractivity contribution is 8.14. The van der Waals surface area contributed by atoms with E-state index in [0.29, 0.717) is 5.92 Å². The van der Waals surface area contributed by atoms with Gasteiger partial charge in [0.05, 0.1) is 5.04 Å². The van der Waals surface area contributed by atoms with Crippen molar-refractivity contribution in [3.05, 3.63) is 32.2 Å². The minimum Gasteiger partial charge on any atom is -0.268 e. The Balaban J connectivity index is 1.60. The van der Waals surface area contributed by atoms with Gasteiger partial charge >= 0.3 is 0 Å². The van der Waals surface area contributed by atoms with E-state index in [1.807, 2.05) is 18.7 Å². The molecule has 0 unspecified atom stereocenters. The van der Waals surface area contributed by atoms with Crippen molar-refractivity contribution in [1.82, 2.24) is 9.97 Å². The highest BCUT2D eigenvalue weighted by Gasteiger charge is 2.39. The molecule has 2 aliphatic rings. The largest absolute Gasteiger partial charge is 0.268 e. The molecule has 2 aliphatic heterocycles. The van der Waals surface area contributed by atoms with E-state index >= 15 is 0 Å². The smallest absolute Gasteiger partial charge is 0.122 e. The third-order valence-electron chi connectivity index (χ3n) is 4.45. The summed E-state index contributed by atoms with van der Waals surface area (Å²) in [6.07, 6.45) is 0. The third-order valence-corrected chi connectivity index (χ3v) is 9.61. The topological polar surface area (TPSA) is 50.5 Å². The number of thiazole rings is 2. The molecule has 2 aromatic rings. The molecule has 0 saturated carbocycles. The Morgan fingerprint density at radius 2 is 1.58 bits per heavy atom. The summed E-state index contributed by atoms with van der Waals surface area (Å²) < 4.78 is 0. The van der Waals surface area contributed by atoms with Gasteiger partial charge in [-0.15, -0.1) is 46.2 Å². The van der Waals surface area contributed by atoms with Crippen molar-refractivity contribution in [3.63, 3.8) is 0 Å². The molecule has 4 rings (SSSR count). The fourth-order valence-electron chi connectivity index (χ4n) is 2.89. The third kappa shape index (κ3) is 3.30. The van der Waals surface area contributed by atoms with E-state index in [-0.39, 0.29) is 11.1 Å². The molecule has 4 heterocycles. The Hall–Kier alpha value is -0.700. The molecule has 0 N–H and O–H groups in total. The van der Waals surface area contributed by atoms with Crippen LogP contribution in [0.5, 0.6) is 0 Å². The molecule has 0 bridgehead atoms. The number of aliphatic imine (C=N–C) groups is 2. The van der Waals surface area contributed by atoms with Gasteiger partial charge in [0.15, 0.2) is 0 Å². The highest BCUT2D eigenvalue weighted by Crippen LogP contribution is 2.42. The van der Waals surface area contributed by atoms with Crippen LogP contribution in [-0.4, -0.2) is 31.6 Å². The van der Waals surface area contributed by atoms with E-state index in [1.165, 1.54) is 5.04 Å². The normalized spacial score (nSPS) is 28.7. The Morgan fingerprint density at radius 1 is 0.923 bits per heavy atom. The Bertz CT molecular complexity index is 897. The lowest BCUT2D eigenvalue weighted by atomic mass is 10.1. The van der Waals surface area contributed by atoms with E-state index in [1.54, 1.807) is 34.4 Å². The van der Waals surface area contributed by atoms with Crippen molar-refractivity contribution < 1.29 is 0 Å². The lowest BCUT2D eigenvalue weighted by molar-refractivity contribution is 0.570. The second-order valence-corrected chi connectivity index (χ2v) is 11.2. The van der Waals surface area contributed by atoms with Crippen LogP contribution < -0.4 is 0 Å². The second-order valence-electron chi connectivity index (χ2n) is 7.48. The van der Waals surface area contributed by atoms with Gasteiger partial charge in [0.1, 0.15) is 31.8 Å². The van der Waals surface area contributed by atoms with Crippen LogP contribution in [-0.2, 0) is 11.1 Å². The molecule has 0 amide bonds. The maximum Gasteiger partial charge on any atom is 0.122 e. The maximum absolute atomic E-state index is 5.01. The molecule has 4 nitrogen and oxygen atoms in total. The van der Waals surface area contributed by atoms with Gasteiger partial charge in [0.25, 0.3) is 0 Å². The van der Waals surface area contributed by atoms with Crippen LogP contribution in [0.25, 0.3) is 0 Å². The first-order valence-corrected chi connectivity index (χ1v) is 12.4. The van der Waals surface area contributed by atoms with Crippen molar-refractivity contribution in [3.8, 4) is 0 Å². The lowest BCUT2D eigenvalue weighted by Gasteiger charge is -2.16. The van der Waals surface area contributed by atoms with Gasteiger partial charge in [-0.25, -0.2) is 9.97 Å². The van der Waals surface area contributed by atoms with Gasteiger partial charge in [-0.3, -0.25) is 9.98 Å². The van der Waals surface area contributed by atoms with E-state index in [0.717, 1.165) is 38.0 Å². The number of hydrogen-bond acceptors (Lipinski definition) is 8. The summed E-state index contributed by atoms with van der Waals surface area (Å²) in [4.78, 5) is 19.6. The van der Waals surface area contributed by atoms with E-state index < -0.39 is 0 Å². The van der Waals surface area contributed by atoms with Crippen LogP contribution in [0.4, 0.5) is 0 Å². The molecular weight excluding hydrogens is 400 g/mol. The van der Waals surface area contributed by atoms with Crippen LogP contribution in [0.15, 0.2) is 20.7 Å². The van der Waals surface area contributed by atoms with Crippen molar-refractivity contribution in [1.29, 1.82) is 0 Å². The fraction of sp³-hybridized carbons (Fsp3) is 0.556. The molecule has 0 saturated heterocycles. The lowest BCUT2D eigenvalue weighted by Crippen LogP contribution is -2.19. The predicted octanol–water partition coefficient (Wildman–Crippen LogP) is 5.33. The molecular formula is C18H22N4S4. The molecule has 8 heteroatoms. The van der Waals surface area contributed by atoms with Crippen LogP contribution in [0.1, 0.15) is 49.1 Å². The van der Waals surface area contributed by atoms with Crippen molar-refractivity contribution in [2.75, 3.05) is 11.5 Å². The molecule has 0 radical (unpaired) electrons. The summed E-state index contributed by atoms with van der Waals surface area (Å²) in [5.41, 5.74) is 1.62. The van der Waals surface area contributed by atoms with Crippen molar-refractivity contribution >= 4 is 56.3 Å². The first kappa shape index (κ1) is 18.7. The standard InChI is InChI=1S/C18H22N4S4/c1-10(2)13-21-18(5,8-25-13)16-20-12(7-24-16)14-22-17(4,9-26-14)15-19-11(3)6-23-15/h6-7,10H,8-9H2,1-5H3/t17-,18+/m0/s1. The quantitative estimate of drug-likeness (QED) is 0.668. The number of aromatic nitrogens is 2. The Labute approximate surface area is 171 Å². The molecule has 2 atom stereocenters. The van der Waals surface area contributed by atoms with Crippen LogP contribution in [0, 0.1) is 12.8 Å². The number of aryl methyl sites for hydroxylation is 1. The van der Waals surface area contributed by atoms with Gasteiger partial charge in [-0.1, -0.05) is 13.8 Å². The molecule has 0 aromatic carbocycles. The summed E-state index contributed by atoms with van der Waals surface area (Å²) in [5.74, 6) is 2.38. The average Bonchev–Trinajstić information content (AvgIpc) is 3.33. The van der Waals surface area contributed by atoms with Crippen LogP contribution >= 0.6 is 46.2 Å². The highest BCUT2D eigenvalue weighted by atomic mass is 32.2. The van der Waals surface area contributed by atoms with E-state index in [4.69, 9.17) is 15.0 Å². The SMILES string of the molecule is Cc1csc([C@]2(C)CSC(c3csc([C@@]4(C)CSC(C(C)C)=N4)n3)=N2)n1. The molecule has 2 aromatic heterocycles. The zero-order valence-corrected chi connectivity index (χ0v) is 18.8. The van der Waals surface area contributed by atoms with Crippen molar-refractivity contribution in [2.24, 2.45) is 15.9 Å². The van der Waals surface area contributed by atoms with Gasteiger partial charge in [0, 0.05) is 33.9 Å². The molecule has 0 spiro atoms. The molecule has 138 valence electrons. The van der Waals surface area contributed by atoms with E-state index in [2.05, 4.69) is 43.4 Å². The van der Waals surface area contributed by atoms with Gasteiger partial charge in [-0.2, -0.15) is 0 Å². The molecule has 26 heavy (non-hydrogen) atoms. The first-order valence-electron chi connectivity index (χ1n) is 8.63. The zero-order chi connectivity index (χ0) is 18.5. The molecule has 0 aliphatic carbocycles. The van der Waals surface area contributed by atoms with Gasteiger partial charge in [-0.05, 0) is 20.8 Å².